The van der Waals surface area contributed by atoms with Gasteiger partial charge in [-0.3, -0.25) is 0 Å². The Kier molecular flexibility index (Phi) is 4.79. The van der Waals surface area contributed by atoms with Crippen LogP contribution in [0, 0.1) is 0 Å². The second-order valence-electron chi connectivity index (χ2n) is 4.87. The highest BCUT2D eigenvalue weighted by molar-refractivity contribution is 5.74. The van der Waals surface area contributed by atoms with Gasteiger partial charge in [0.25, 0.3) is 0 Å². The summed E-state index contributed by atoms with van der Waals surface area (Å²) in [7, 11) is 0. The molecule has 0 unspecified atom stereocenters. The Labute approximate surface area is 107 Å². The van der Waals surface area contributed by atoms with Gasteiger partial charge >= 0.3 is 6.03 Å². The molecule has 0 aromatic heterocycles. The fourth-order valence-electron chi connectivity index (χ4n) is 2.18. The van der Waals surface area contributed by atoms with Gasteiger partial charge in [-0.2, -0.15) is 0 Å². The van der Waals surface area contributed by atoms with E-state index in [2.05, 4.69) is 10.6 Å². The van der Waals surface area contributed by atoms with Crippen LogP contribution in [-0.2, 0) is 14.2 Å². The summed E-state index contributed by atoms with van der Waals surface area (Å²) in [6, 6.07) is 0.108. The lowest BCUT2D eigenvalue weighted by molar-refractivity contribution is -0.145. The van der Waals surface area contributed by atoms with E-state index in [1.54, 1.807) is 0 Å². The number of carbonyl (C=O) groups is 1. The molecule has 0 spiro atoms. The maximum Gasteiger partial charge on any atom is 0.315 e. The predicted molar refractivity (Wildman–Crippen MR) is 65.3 cm³/mol. The molecule has 0 atom stereocenters. The van der Waals surface area contributed by atoms with Crippen LogP contribution in [-0.4, -0.2) is 50.8 Å². The molecule has 0 radical (unpaired) electrons. The van der Waals surface area contributed by atoms with Gasteiger partial charge in [0.05, 0.1) is 13.2 Å². The third-order valence-corrected chi connectivity index (χ3v) is 3.32. The average Bonchev–Trinajstić information content (AvgIpc) is 2.77. The first-order valence-electron chi connectivity index (χ1n) is 6.58. The third-order valence-electron chi connectivity index (χ3n) is 3.32. The van der Waals surface area contributed by atoms with Gasteiger partial charge in [-0.05, 0) is 19.8 Å². The summed E-state index contributed by atoms with van der Waals surface area (Å²) >= 11 is 0. The number of ether oxygens (including phenoxy) is 3. The molecule has 0 aromatic rings. The minimum Gasteiger partial charge on any atom is -0.381 e. The molecule has 0 aliphatic carbocycles. The number of hydrogen-bond donors (Lipinski definition) is 2. The predicted octanol–water partition coefficient (Wildman–Crippen LogP) is 0.618. The van der Waals surface area contributed by atoms with Crippen LogP contribution in [0.15, 0.2) is 0 Å². The van der Waals surface area contributed by atoms with Gasteiger partial charge in [-0.1, -0.05) is 0 Å². The van der Waals surface area contributed by atoms with E-state index in [9.17, 15) is 4.79 Å². The summed E-state index contributed by atoms with van der Waals surface area (Å²) in [6.07, 6.45) is 2.43. The zero-order chi connectivity index (χ0) is 12.8. The Hall–Kier alpha value is -0.850. The van der Waals surface area contributed by atoms with Crippen LogP contribution in [0.5, 0.6) is 0 Å². The minimum atomic E-state index is -0.536. The highest BCUT2D eigenvalue weighted by Crippen LogP contribution is 2.21. The van der Waals surface area contributed by atoms with Crippen LogP contribution in [0.2, 0.25) is 0 Å². The Bertz CT molecular complexity index is 273. The van der Waals surface area contributed by atoms with Crippen LogP contribution in [0.4, 0.5) is 4.79 Å². The Balaban J connectivity index is 1.59. The highest BCUT2D eigenvalue weighted by Gasteiger charge is 2.30. The van der Waals surface area contributed by atoms with Crippen molar-refractivity contribution in [1.82, 2.24) is 10.6 Å². The molecule has 2 N–H and O–H groups in total. The van der Waals surface area contributed by atoms with Crippen LogP contribution in [0.1, 0.15) is 26.2 Å². The van der Waals surface area contributed by atoms with Gasteiger partial charge in [-0.25, -0.2) is 4.79 Å². The van der Waals surface area contributed by atoms with Crippen LogP contribution in [0.3, 0.4) is 0 Å². The van der Waals surface area contributed by atoms with E-state index < -0.39 is 5.79 Å². The van der Waals surface area contributed by atoms with Gasteiger partial charge in [-0.15, -0.1) is 0 Å². The standard InChI is InChI=1S/C12H22N2O4/c1-12(17-8-9-18-12)4-5-13-11(15)14-10-2-6-16-7-3-10/h10H,2-9H2,1H3,(H2,13,14,15). The zero-order valence-corrected chi connectivity index (χ0v) is 10.9. The lowest BCUT2D eigenvalue weighted by Gasteiger charge is -2.24. The molecule has 104 valence electrons. The van der Waals surface area contributed by atoms with Crippen molar-refractivity contribution >= 4 is 6.03 Å². The maximum absolute atomic E-state index is 11.6. The van der Waals surface area contributed by atoms with E-state index in [1.807, 2.05) is 6.92 Å². The molecule has 0 bridgehead atoms. The summed E-state index contributed by atoms with van der Waals surface area (Å²) in [5, 5.41) is 5.78. The van der Waals surface area contributed by atoms with Crippen molar-refractivity contribution in [2.45, 2.75) is 38.0 Å². The van der Waals surface area contributed by atoms with Crippen LogP contribution < -0.4 is 10.6 Å². The van der Waals surface area contributed by atoms with Gasteiger partial charge in [0.15, 0.2) is 5.79 Å². The second-order valence-corrected chi connectivity index (χ2v) is 4.87. The summed E-state index contributed by atoms with van der Waals surface area (Å²) in [6.45, 7) is 5.16. The maximum atomic E-state index is 11.6. The second kappa shape index (κ2) is 6.36. The van der Waals surface area contributed by atoms with Crippen molar-refractivity contribution in [3.63, 3.8) is 0 Å². The molecule has 6 nitrogen and oxygen atoms in total. The smallest absolute Gasteiger partial charge is 0.315 e. The molecular weight excluding hydrogens is 236 g/mol. The molecule has 2 saturated heterocycles. The van der Waals surface area contributed by atoms with Gasteiger partial charge in [0.2, 0.25) is 0 Å². The number of amides is 2. The quantitative estimate of drug-likeness (QED) is 0.775. The number of nitrogens with one attached hydrogen (secondary N) is 2. The number of carbonyl (C=O) groups excluding carboxylic acids is 1. The van der Waals surface area contributed by atoms with Crippen LogP contribution in [0.25, 0.3) is 0 Å². The van der Waals surface area contributed by atoms with E-state index >= 15 is 0 Å². The monoisotopic (exact) mass is 258 g/mol. The summed E-state index contributed by atoms with van der Waals surface area (Å²) < 4.78 is 16.2. The average molecular weight is 258 g/mol. The largest absolute Gasteiger partial charge is 0.381 e. The summed E-state index contributed by atoms with van der Waals surface area (Å²) in [5.41, 5.74) is 0. The van der Waals surface area contributed by atoms with Crippen molar-refractivity contribution in [3.05, 3.63) is 0 Å². The minimum absolute atomic E-state index is 0.122. The lowest BCUT2D eigenvalue weighted by Crippen LogP contribution is -2.45. The first kappa shape index (κ1) is 13.6. The van der Waals surface area contributed by atoms with E-state index in [4.69, 9.17) is 14.2 Å². The van der Waals surface area contributed by atoms with Crippen molar-refractivity contribution < 1.29 is 19.0 Å². The van der Waals surface area contributed by atoms with E-state index in [-0.39, 0.29) is 12.1 Å². The van der Waals surface area contributed by atoms with Crippen molar-refractivity contribution in [2.75, 3.05) is 33.0 Å². The topological polar surface area (TPSA) is 68.8 Å². The Morgan fingerprint density at radius 1 is 1.22 bits per heavy atom. The fourth-order valence-corrected chi connectivity index (χ4v) is 2.18. The lowest BCUT2D eigenvalue weighted by atomic mass is 10.1. The van der Waals surface area contributed by atoms with E-state index in [0.717, 1.165) is 26.1 Å². The van der Waals surface area contributed by atoms with Gasteiger partial charge < -0.3 is 24.8 Å². The SMILES string of the molecule is CC1(CCNC(=O)NC2CCOCC2)OCCO1. The number of rotatable bonds is 4. The molecule has 0 aromatic carbocycles. The zero-order valence-electron chi connectivity index (χ0n) is 10.9. The molecule has 2 heterocycles. The molecule has 18 heavy (non-hydrogen) atoms. The van der Waals surface area contributed by atoms with E-state index in [0.29, 0.717) is 26.2 Å². The molecule has 2 aliphatic rings. The van der Waals surface area contributed by atoms with E-state index in [1.165, 1.54) is 0 Å². The molecule has 2 amide bonds. The molecule has 6 heteroatoms. The van der Waals surface area contributed by atoms with Crippen molar-refractivity contribution in [1.29, 1.82) is 0 Å². The first-order chi connectivity index (χ1) is 8.68. The van der Waals surface area contributed by atoms with Crippen molar-refractivity contribution in [2.24, 2.45) is 0 Å². The number of urea groups is 1. The molecule has 0 saturated carbocycles. The summed E-state index contributed by atoms with van der Waals surface area (Å²) in [4.78, 5) is 11.6. The summed E-state index contributed by atoms with van der Waals surface area (Å²) in [5.74, 6) is -0.536. The Morgan fingerprint density at radius 2 is 1.89 bits per heavy atom. The Morgan fingerprint density at radius 3 is 2.56 bits per heavy atom. The van der Waals surface area contributed by atoms with Gasteiger partial charge in [0, 0.05) is 32.2 Å². The normalized spacial score (nSPS) is 23.8. The first-order valence-corrected chi connectivity index (χ1v) is 6.58. The number of hydrogen-bond acceptors (Lipinski definition) is 4. The highest BCUT2D eigenvalue weighted by atomic mass is 16.7. The molecule has 2 aliphatic heterocycles. The molecular formula is C12H22N2O4. The van der Waals surface area contributed by atoms with Crippen molar-refractivity contribution in [3.8, 4) is 0 Å². The molecule has 2 fully saturated rings. The fraction of sp³-hybridized carbons (Fsp3) is 0.917. The molecule has 2 rings (SSSR count). The van der Waals surface area contributed by atoms with Crippen LogP contribution >= 0.6 is 0 Å². The third kappa shape index (κ3) is 4.12. The van der Waals surface area contributed by atoms with Gasteiger partial charge in [0.1, 0.15) is 0 Å².